The van der Waals surface area contributed by atoms with Crippen molar-refractivity contribution in [1.82, 2.24) is 15.1 Å². The summed E-state index contributed by atoms with van der Waals surface area (Å²) in [6.07, 6.45) is 6.96. The van der Waals surface area contributed by atoms with Crippen molar-refractivity contribution >= 4 is 11.9 Å². The van der Waals surface area contributed by atoms with E-state index in [1.165, 1.54) is 11.1 Å². The summed E-state index contributed by atoms with van der Waals surface area (Å²) in [4.78, 5) is 27.1. The van der Waals surface area contributed by atoms with Crippen LogP contribution in [0.3, 0.4) is 0 Å². The summed E-state index contributed by atoms with van der Waals surface area (Å²) in [5.41, 5.74) is 0.359. The quantitative estimate of drug-likeness (QED) is 0.405. The summed E-state index contributed by atoms with van der Waals surface area (Å²) in [7, 11) is 5.15. The van der Waals surface area contributed by atoms with Crippen LogP contribution in [0.5, 0.6) is 0 Å². The third-order valence-electron chi connectivity index (χ3n) is 3.83. The van der Waals surface area contributed by atoms with Crippen LogP contribution in [0, 0.1) is 0 Å². The molecule has 1 amide bonds. The molecule has 0 aliphatic rings. The SMILES string of the molecule is C=CN(C)C(=O)CC/C=C\NC/C(=C(\CC)OC)N(C)CC(=O)OC(C)(C)C. The number of amides is 1. The van der Waals surface area contributed by atoms with E-state index in [1.807, 2.05) is 51.9 Å². The first-order chi connectivity index (χ1) is 13.1. The first-order valence-electron chi connectivity index (χ1n) is 9.51. The molecule has 0 atom stereocenters. The fraction of sp³-hybridized carbons (Fsp3) is 0.619. The zero-order valence-corrected chi connectivity index (χ0v) is 18.5. The highest BCUT2D eigenvalue weighted by Gasteiger charge is 2.20. The molecular weight excluding hydrogens is 358 g/mol. The van der Waals surface area contributed by atoms with Crippen LogP contribution >= 0.6 is 0 Å². The normalized spacial score (nSPS) is 12.2. The van der Waals surface area contributed by atoms with Gasteiger partial charge in [-0.1, -0.05) is 19.6 Å². The molecular formula is C21H37N3O4. The highest BCUT2D eigenvalue weighted by Crippen LogP contribution is 2.14. The lowest BCUT2D eigenvalue weighted by Gasteiger charge is -2.26. The van der Waals surface area contributed by atoms with Gasteiger partial charge in [0.2, 0.25) is 5.91 Å². The molecule has 160 valence electrons. The first-order valence-corrected chi connectivity index (χ1v) is 9.51. The highest BCUT2D eigenvalue weighted by molar-refractivity contribution is 5.76. The third kappa shape index (κ3) is 10.6. The van der Waals surface area contributed by atoms with E-state index in [4.69, 9.17) is 9.47 Å². The van der Waals surface area contributed by atoms with E-state index in [0.29, 0.717) is 25.8 Å². The van der Waals surface area contributed by atoms with Crippen LogP contribution in [0.2, 0.25) is 0 Å². The van der Waals surface area contributed by atoms with Gasteiger partial charge in [-0.3, -0.25) is 9.59 Å². The van der Waals surface area contributed by atoms with Crippen LogP contribution in [0.1, 0.15) is 47.0 Å². The van der Waals surface area contributed by atoms with Gasteiger partial charge in [0.05, 0.1) is 19.4 Å². The fourth-order valence-electron chi connectivity index (χ4n) is 2.38. The third-order valence-corrected chi connectivity index (χ3v) is 3.83. The Balaban J connectivity index is 4.78. The molecule has 7 heteroatoms. The second kappa shape index (κ2) is 12.9. The summed E-state index contributed by atoms with van der Waals surface area (Å²) < 4.78 is 10.9. The Morgan fingerprint density at radius 2 is 1.86 bits per heavy atom. The van der Waals surface area contributed by atoms with Crippen LogP contribution < -0.4 is 5.32 Å². The molecule has 0 saturated heterocycles. The highest BCUT2D eigenvalue weighted by atomic mass is 16.6. The lowest BCUT2D eigenvalue weighted by atomic mass is 10.2. The molecule has 0 saturated carbocycles. The number of carbonyl (C=O) groups excluding carboxylic acids is 2. The average molecular weight is 396 g/mol. The molecule has 0 aliphatic heterocycles. The molecule has 0 fully saturated rings. The van der Waals surface area contributed by atoms with Crippen LogP contribution in [0.25, 0.3) is 0 Å². The van der Waals surface area contributed by atoms with E-state index in [-0.39, 0.29) is 18.4 Å². The molecule has 0 spiro atoms. The minimum Gasteiger partial charge on any atom is -0.499 e. The maximum Gasteiger partial charge on any atom is 0.326 e. The number of carbonyl (C=O) groups is 2. The number of rotatable bonds is 12. The largest absolute Gasteiger partial charge is 0.499 e. The monoisotopic (exact) mass is 395 g/mol. The smallest absolute Gasteiger partial charge is 0.326 e. The van der Waals surface area contributed by atoms with Crippen molar-refractivity contribution in [2.24, 2.45) is 0 Å². The number of methoxy groups -OCH3 is 1. The Labute approximate surface area is 170 Å². The summed E-state index contributed by atoms with van der Waals surface area (Å²) in [5.74, 6) is 0.527. The zero-order valence-electron chi connectivity index (χ0n) is 18.5. The van der Waals surface area contributed by atoms with E-state index in [2.05, 4.69) is 11.9 Å². The Hall–Kier alpha value is -2.44. The van der Waals surface area contributed by atoms with Crippen molar-refractivity contribution in [3.8, 4) is 0 Å². The van der Waals surface area contributed by atoms with Crippen molar-refractivity contribution in [1.29, 1.82) is 0 Å². The molecule has 0 rings (SSSR count). The van der Waals surface area contributed by atoms with Crippen LogP contribution in [-0.4, -0.2) is 61.6 Å². The minimum atomic E-state index is -0.519. The van der Waals surface area contributed by atoms with Crippen LogP contribution in [0.15, 0.2) is 36.5 Å². The van der Waals surface area contributed by atoms with Gasteiger partial charge in [0.25, 0.3) is 0 Å². The van der Waals surface area contributed by atoms with E-state index in [9.17, 15) is 9.59 Å². The Kier molecular flexibility index (Phi) is 11.7. The van der Waals surface area contributed by atoms with E-state index >= 15 is 0 Å². The summed E-state index contributed by atoms with van der Waals surface area (Å²) in [6, 6.07) is 0. The summed E-state index contributed by atoms with van der Waals surface area (Å²) >= 11 is 0. The molecule has 1 N–H and O–H groups in total. The fourth-order valence-corrected chi connectivity index (χ4v) is 2.38. The molecule has 7 nitrogen and oxygen atoms in total. The topological polar surface area (TPSA) is 71.1 Å². The number of hydrogen-bond acceptors (Lipinski definition) is 6. The number of nitrogens with zero attached hydrogens (tertiary/aromatic N) is 2. The van der Waals surface area contributed by atoms with E-state index in [1.54, 1.807) is 14.2 Å². The van der Waals surface area contributed by atoms with E-state index < -0.39 is 5.60 Å². The van der Waals surface area contributed by atoms with Gasteiger partial charge in [0.15, 0.2) is 0 Å². The van der Waals surface area contributed by atoms with Crippen molar-refractivity contribution in [2.75, 3.05) is 34.3 Å². The maximum absolute atomic E-state index is 12.1. The molecule has 0 aliphatic carbocycles. The lowest BCUT2D eigenvalue weighted by molar-refractivity contribution is -0.155. The van der Waals surface area contributed by atoms with Crippen LogP contribution in [-0.2, 0) is 19.1 Å². The van der Waals surface area contributed by atoms with Gasteiger partial charge in [-0.05, 0) is 39.6 Å². The lowest BCUT2D eigenvalue weighted by Crippen LogP contribution is -2.35. The number of nitrogens with one attached hydrogen (secondary N) is 1. The molecule has 0 unspecified atom stereocenters. The standard InChI is InChI=1S/C21H37N3O4/c1-9-18(27-8)17(24(7)16-20(26)28-21(3,4)5)15-22-14-12-11-13-19(25)23(6)10-2/h10,12,14,22H,2,9,11,13,15-16H2,1,3-8H3/b14-12-,18-17-. The van der Waals surface area contributed by atoms with Gasteiger partial charge in [-0.15, -0.1) is 0 Å². The molecule has 0 aromatic heterocycles. The van der Waals surface area contributed by atoms with Crippen molar-refractivity contribution < 1.29 is 19.1 Å². The van der Waals surface area contributed by atoms with Gasteiger partial charge in [0.1, 0.15) is 17.9 Å². The first kappa shape index (κ1) is 25.6. The Morgan fingerprint density at radius 1 is 1.21 bits per heavy atom. The van der Waals surface area contributed by atoms with Crippen molar-refractivity contribution in [2.45, 2.75) is 52.6 Å². The molecule has 0 heterocycles. The number of allylic oxidation sites excluding steroid dienone is 2. The zero-order chi connectivity index (χ0) is 21.7. The Morgan fingerprint density at radius 3 is 2.36 bits per heavy atom. The molecule has 0 bridgehead atoms. The molecule has 0 aromatic carbocycles. The number of ether oxygens (including phenoxy) is 2. The number of hydrogen-bond donors (Lipinski definition) is 1. The van der Waals surface area contributed by atoms with E-state index in [0.717, 1.165) is 11.5 Å². The van der Waals surface area contributed by atoms with Crippen molar-refractivity contribution in [3.63, 3.8) is 0 Å². The molecule has 0 radical (unpaired) electrons. The van der Waals surface area contributed by atoms with Gasteiger partial charge in [-0.2, -0.15) is 0 Å². The molecule has 0 aromatic rings. The Bertz CT molecular complexity index is 571. The number of likely N-dealkylation sites (N-methyl/N-ethyl adjacent to an activating group) is 1. The molecule has 28 heavy (non-hydrogen) atoms. The number of esters is 1. The summed E-state index contributed by atoms with van der Waals surface area (Å²) in [6.45, 7) is 11.7. The van der Waals surface area contributed by atoms with Gasteiger partial charge in [0, 0.05) is 26.9 Å². The second-order valence-corrected chi connectivity index (χ2v) is 7.38. The summed E-state index contributed by atoms with van der Waals surface area (Å²) in [5, 5.41) is 3.20. The predicted molar refractivity (Wildman–Crippen MR) is 112 cm³/mol. The minimum absolute atomic E-state index is 0.0185. The average Bonchev–Trinajstić information content (AvgIpc) is 2.60. The maximum atomic E-state index is 12.1. The van der Waals surface area contributed by atoms with Crippen LogP contribution in [0.4, 0.5) is 0 Å². The van der Waals surface area contributed by atoms with Gasteiger partial charge < -0.3 is 24.6 Å². The van der Waals surface area contributed by atoms with Gasteiger partial charge in [-0.25, -0.2) is 0 Å². The van der Waals surface area contributed by atoms with Crippen molar-refractivity contribution in [3.05, 3.63) is 36.5 Å². The predicted octanol–water partition coefficient (Wildman–Crippen LogP) is 3.01. The second-order valence-electron chi connectivity index (χ2n) is 7.38. The van der Waals surface area contributed by atoms with Gasteiger partial charge >= 0.3 is 5.97 Å².